The van der Waals surface area contributed by atoms with E-state index in [0.717, 1.165) is 12.1 Å². The smallest absolute Gasteiger partial charge is 0.399 e. The Morgan fingerprint density at radius 1 is 1.32 bits per heavy atom. The second-order valence-corrected chi connectivity index (χ2v) is 7.92. The van der Waals surface area contributed by atoms with E-state index >= 15 is 0 Å². The van der Waals surface area contributed by atoms with Crippen molar-refractivity contribution in [1.29, 1.82) is 0 Å². The van der Waals surface area contributed by atoms with Crippen LogP contribution in [0.3, 0.4) is 0 Å². The number of carbonyl (C=O) groups is 1. The van der Waals surface area contributed by atoms with Crippen LogP contribution in [0.5, 0.6) is 0 Å². The Morgan fingerprint density at radius 2 is 2.06 bits per heavy atom. The quantitative estimate of drug-likeness (QED) is 0.475. The van der Waals surface area contributed by atoms with Crippen LogP contribution in [0.15, 0.2) is 18.2 Å². The van der Waals surface area contributed by atoms with Gasteiger partial charge in [0.2, 0.25) is 5.28 Å². The van der Waals surface area contributed by atoms with Crippen LogP contribution in [0.1, 0.15) is 22.4 Å². The third-order valence-corrected chi connectivity index (χ3v) is 5.37. The molecule has 3 heterocycles. The molecule has 2 aliphatic heterocycles. The second-order valence-electron chi connectivity index (χ2n) is 7.58. The van der Waals surface area contributed by atoms with Crippen molar-refractivity contribution in [3.8, 4) is 0 Å². The van der Waals surface area contributed by atoms with E-state index in [1.54, 1.807) is 0 Å². The van der Waals surface area contributed by atoms with Crippen molar-refractivity contribution in [2.75, 3.05) is 30.8 Å². The summed E-state index contributed by atoms with van der Waals surface area (Å²) in [5.74, 6) is -0.142. The zero-order valence-electron chi connectivity index (χ0n) is 16.2. The molecule has 12 heteroatoms. The lowest BCUT2D eigenvalue weighted by Gasteiger charge is -2.40. The highest BCUT2D eigenvalue weighted by Gasteiger charge is 2.47. The number of nitrogens with zero attached hydrogens (tertiary/aromatic N) is 3. The predicted molar refractivity (Wildman–Crippen MR) is 105 cm³/mol. The summed E-state index contributed by atoms with van der Waals surface area (Å²) in [6, 6.07) is 3.30. The fourth-order valence-electron chi connectivity index (χ4n) is 3.59. The lowest BCUT2D eigenvalue weighted by Crippen LogP contribution is -2.61. The number of nitrogens with two attached hydrogens (primary N) is 1. The first-order valence-electron chi connectivity index (χ1n) is 9.40. The van der Waals surface area contributed by atoms with Gasteiger partial charge in [0.1, 0.15) is 5.82 Å². The number of nitrogens with one attached hydrogen (secondary N) is 1. The van der Waals surface area contributed by atoms with Crippen molar-refractivity contribution < 1.29 is 27.8 Å². The van der Waals surface area contributed by atoms with E-state index in [1.807, 2.05) is 0 Å². The minimum absolute atomic E-state index is 0.000371. The van der Waals surface area contributed by atoms with Gasteiger partial charge in [-0.05, 0) is 35.4 Å². The largest absolute Gasteiger partial charge is 0.416 e. The van der Waals surface area contributed by atoms with E-state index in [2.05, 4.69) is 15.3 Å². The Bertz CT molecular complexity index is 1030. The number of alkyl halides is 3. The SMILES string of the molecule is Nc1cc(CNc2nc(Cl)nc3c2CN(C(=O)C2(O)COC2)CC3)cc(C(F)(F)F)c1. The van der Waals surface area contributed by atoms with E-state index < -0.39 is 23.2 Å². The Kier molecular flexibility index (Phi) is 5.44. The number of rotatable bonds is 4. The molecule has 2 aromatic rings. The first-order chi connectivity index (χ1) is 14.5. The molecular weight excluding hydrogens is 439 g/mol. The van der Waals surface area contributed by atoms with Crippen LogP contribution in [0, 0.1) is 0 Å². The van der Waals surface area contributed by atoms with E-state index in [1.165, 1.54) is 11.0 Å². The minimum Gasteiger partial charge on any atom is -0.399 e. The molecule has 1 aromatic heterocycles. The topological polar surface area (TPSA) is 114 Å². The number of anilines is 2. The summed E-state index contributed by atoms with van der Waals surface area (Å²) < 4.78 is 44.1. The normalized spacial score (nSPS) is 17.6. The molecule has 0 radical (unpaired) electrons. The summed E-state index contributed by atoms with van der Waals surface area (Å²) in [6.45, 7) is 0.341. The number of aliphatic hydroxyl groups is 1. The molecule has 4 rings (SSSR count). The molecule has 166 valence electrons. The van der Waals surface area contributed by atoms with Gasteiger partial charge in [0.25, 0.3) is 5.91 Å². The van der Waals surface area contributed by atoms with E-state index in [4.69, 9.17) is 22.1 Å². The van der Waals surface area contributed by atoms with Crippen molar-refractivity contribution >= 4 is 29.0 Å². The van der Waals surface area contributed by atoms with Crippen LogP contribution >= 0.6 is 11.6 Å². The lowest BCUT2D eigenvalue weighted by molar-refractivity contribution is -0.200. The summed E-state index contributed by atoms with van der Waals surface area (Å²) in [6.07, 6.45) is -4.13. The van der Waals surface area contributed by atoms with Gasteiger partial charge in [-0.2, -0.15) is 13.2 Å². The van der Waals surface area contributed by atoms with Gasteiger partial charge in [-0.25, -0.2) is 9.97 Å². The van der Waals surface area contributed by atoms with E-state index in [9.17, 15) is 23.1 Å². The van der Waals surface area contributed by atoms with Crippen LogP contribution in [0.25, 0.3) is 0 Å². The number of halogens is 4. The zero-order chi connectivity index (χ0) is 22.4. The molecule has 4 N–H and O–H groups in total. The van der Waals surface area contributed by atoms with Gasteiger partial charge in [-0.3, -0.25) is 4.79 Å². The van der Waals surface area contributed by atoms with Gasteiger partial charge in [-0.1, -0.05) is 0 Å². The molecule has 31 heavy (non-hydrogen) atoms. The van der Waals surface area contributed by atoms with Crippen LogP contribution in [-0.2, 0) is 35.2 Å². The number of hydrogen-bond acceptors (Lipinski definition) is 7. The predicted octanol–water partition coefficient (Wildman–Crippen LogP) is 1.99. The standard InChI is InChI=1S/C19H19ClF3N5O3/c20-17-26-14-1-2-28(16(29)18(30)8-31-9-18)7-13(14)15(27-17)25-6-10-3-11(19(21,22)23)5-12(24)4-10/h3-5,30H,1-2,6-9,24H2,(H,25,26,27). The summed E-state index contributed by atoms with van der Waals surface area (Å²) in [7, 11) is 0. The van der Waals surface area contributed by atoms with Gasteiger partial charge >= 0.3 is 6.18 Å². The average Bonchev–Trinajstić information content (AvgIpc) is 2.68. The average molecular weight is 458 g/mol. The van der Waals surface area contributed by atoms with Gasteiger partial charge < -0.3 is 25.8 Å². The molecular formula is C19H19ClF3N5O3. The first-order valence-corrected chi connectivity index (χ1v) is 9.78. The molecule has 0 spiro atoms. The maximum atomic E-state index is 13.1. The highest BCUT2D eigenvalue weighted by atomic mass is 35.5. The van der Waals surface area contributed by atoms with Crippen molar-refractivity contribution in [2.45, 2.75) is 31.3 Å². The number of benzene rings is 1. The van der Waals surface area contributed by atoms with Crippen LogP contribution < -0.4 is 11.1 Å². The highest BCUT2D eigenvalue weighted by Crippen LogP contribution is 2.32. The van der Waals surface area contributed by atoms with Crippen LogP contribution in [0.2, 0.25) is 5.28 Å². The zero-order valence-corrected chi connectivity index (χ0v) is 16.9. The number of aromatic nitrogens is 2. The molecule has 0 bridgehead atoms. The van der Waals surface area contributed by atoms with Gasteiger partial charge in [0, 0.05) is 30.8 Å². The molecule has 1 saturated heterocycles. The fourth-order valence-corrected chi connectivity index (χ4v) is 3.77. The number of hydrogen-bond donors (Lipinski definition) is 3. The third kappa shape index (κ3) is 4.39. The number of ether oxygens (including phenoxy) is 1. The molecule has 8 nitrogen and oxygen atoms in total. The summed E-state index contributed by atoms with van der Waals surface area (Å²) >= 11 is 6.01. The molecule has 1 amide bonds. The molecule has 0 atom stereocenters. The summed E-state index contributed by atoms with van der Waals surface area (Å²) in [5.41, 5.74) is 4.75. The fraction of sp³-hybridized carbons (Fsp3) is 0.421. The molecule has 0 aliphatic carbocycles. The second kappa shape index (κ2) is 7.81. The van der Waals surface area contributed by atoms with Gasteiger partial charge in [0.05, 0.1) is 31.0 Å². The lowest BCUT2D eigenvalue weighted by atomic mass is 9.97. The number of nitrogen functional groups attached to an aromatic ring is 1. The molecule has 0 saturated carbocycles. The van der Waals surface area contributed by atoms with Crippen molar-refractivity contribution in [3.63, 3.8) is 0 Å². The van der Waals surface area contributed by atoms with Gasteiger partial charge in [0.15, 0.2) is 5.60 Å². The Morgan fingerprint density at radius 3 is 2.71 bits per heavy atom. The third-order valence-electron chi connectivity index (χ3n) is 5.20. The van der Waals surface area contributed by atoms with Crippen molar-refractivity contribution in [3.05, 3.63) is 45.9 Å². The Labute approximate surface area is 180 Å². The molecule has 2 aliphatic rings. The van der Waals surface area contributed by atoms with Gasteiger partial charge in [-0.15, -0.1) is 0 Å². The monoisotopic (exact) mass is 457 g/mol. The van der Waals surface area contributed by atoms with Crippen molar-refractivity contribution in [2.24, 2.45) is 0 Å². The molecule has 1 fully saturated rings. The Balaban J connectivity index is 1.56. The molecule has 1 aromatic carbocycles. The summed E-state index contributed by atoms with van der Waals surface area (Å²) in [4.78, 5) is 22.5. The maximum Gasteiger partial charge on any atom is 0.416 e. The van der Waals surface area contributed by atoms with Crippen LogP contribution in [0.4, 0.5) is 24.7 Å². The number of fused-ring (bicyclic) bond motifs is 1. The summed E-state index contributed by atoms with van der Waals surface area (Å²) in [5, 5.41) is 13.2. The number of amides is 1. The highest BCUT2D eigenvalue weighted by molar-refractivity contribution is 6.28. The maximum absolute atomic E-state index is 13.1. The number of carbonyl (C=O) groups excluding carboxylic acids is 1. The molecule has 0 unspecified atom stereocenters. The van der Waals surface area contributed by atoms with E-state index in [-0.39, 0.29) is 37.3 Å². The first kappa shape index (κ1) is 21.6. The Hall–Kier alpha value is -2.63. The van der Waals surface area contributed by atoms with Crippen LogP contribution in [-0.4, -0.2) is 51.2 Å². The van der Waals surface area contributed by atoms with Crippen molar-refractivity contribution in [1.82, 2.24) is 14.9 Å². The van der Waals surface area contributed by atoms with E-state index in [0.29, 0.717) is 35.6 Å². The minimum atomic E-state index is -4.52.